The first-order chi connectivity index (χ1) is 15.4. The van der Waals surface area contributed by atoms with E-state index in [4.69, 9.17) is 17.3 Å². The number of nitrogens with one attached hydrogen (secondary N) is 1. The molecular weight excluding hydrogens is 509 g/mol. The summed E-state index contributed by atoms with van der Waals surface area (Å²) in [6, 6.07) is 9.02. The monoisotopic (exact) mass is 519 g/mol. The van der Waals surface area contributed by atoms with Gasteiger partial charge in [0.2, 0.25) is 0 Å². The number of nitrogens with two attached hydrogens (primary N) is 1. The quantitative estimate of drug-likeness (QED) is 0.219. The topological polar surface area (TPSA) is 77.2 Å². The van der Waals surface area contributed by atoms with Crippen LogP contribution >= 0.6 is 34.3 Å². The van der Waals surface area contributed by atoms with Crippen molar-refractivity contribution >= 4 is 61.8 Å². The molecule has 5 nitrogen and oxygen atoms in total. The number of carbonyl (C=O) groups is 1. The first kappa shape index (κ1) is 23.2. The van der Waals surface area contributed by atoms with E-state index in [0.717, 1.165) is 29.5 Å². The molecule has 0 fully saturated rings. The van der Waals surface area contributed by atoms with E-state index in [1.165, 1.54) is 23.5 Å². The minimum absolute atomic E-state index is 0.0380. The van der Waals surface area contributed by atoms with Gasteiger partial charge in [0.15, 0.2) is 0 Å². The molecule has 0 saturated heterocycles. The summed E-state index contributed by atoms with van der Waals surface area (Å²) in [6.45, 7) is 0. The number of hydrogen-bond donors (Lipinski definition) is 2. The summed E-state index contributed by atoms with van der Waals surface area (Å²) in [7, 11) is 0. The van der Waals surface area contributed by atoms with Crippen LogP contribution in [0.5, 0.6) is 5.75 Å². The van der Waals surface area contributed by atoms with Gasteiger partial charge in [-0.3, -0.25) is 4.79 Å². The average molecular weight is 520 g/mol. The fourth-order valence-corrected chi connectivity index (χ4v) is 4.78. The zero-order chi connectivity index (χ0) is 24.0. The summed E-state index contributed by atoms with van der Waals surface area (Å²) >= 11 is 6.64. The van der Waals surface area contributed by atoms with Crippen molar-refractivity contribution in [3.8, 4) is 16.3 Å². The number of pyridine rings is 1. The molecule has 4 aromatic rings. The van der Waals surface area contributed by atoms with Crippen LogP contribution in [0.1, 0.15) is 15.2 Å². The molecule has 3 aromatic heterocycles. The second kappa shape index (κ2) is 8.43. The fraction of sp³-hybridized carbons (Fsp3) is 0.100. The van der Waals surface area contributed by atoms with Crippen molar-refractivity contribution in [1.82, 2.24) is 4.98 Å². The lowest BCUT2D eigenvalue weighted by Crippen LogP contribution is -2.16. The molecule has 3 heterocycles. The summed E-state index contributed by atoms with van der Waals surface area (Å²) in [4.78, 5) is 17.3. The molecule has 3 N–H and O–H groups in total. The molecule has 0 saturated carbocycles. The van der Waals surface area contributed by atoms with Crippen molar-refractivity contribution in [2.75, 3.05) is 11.1 Å². The molecule has 0 atom stereocenters. The average Bonchev–Trinajstić information content (AvgIpc) is 3.35. The molecule has 33 heavy (non-hydrogen) atoms. The Labute approximate surface area is 195 Å². The highest BCUT2D eigenvalue weighted by Gasteiger charge is 2.36. The number of halogens is 6. The van der Waals surface area contributed by atoms with Gasteiger partial charge in [-0.15, -0.1) is 31.5 Å². The van der Waals surface area contributed by atoms with Gasteiger partial charge in [0.1, 0.15) is 15.5 Å². The molecule has 13 heteroatoms. The number of thiophene rings is 2. The van der Waals surface area contributed by atoms with Gasteiger partial charge in [-0.1, -0.05) is 6.07 Å². The van der Waals surface area contributed by atoms with Gasteiger partial charge in [-0.2, -0.15) is 13.2 Å². The molecule has 1 amide bonds. The van der Waals surface area contributed by atoms with Crippen LogP contribution in [0.15, 0.2) is 47.8 Å². The van der Waals surface area contributed by atoms with E-state index in [9.17, 15) is 26.7 Å². The lowest BCUT2D eigenvalue weighted by Gasteiger charge is -2.11. The number of anilines is 2. The maximum Gasteiger partial charge on any atom is 0.487 e. The van der Waals surface area contributed by atoms with Gasteiger partial charge in [-0.05, 0) is 41.8 Å². The summed E-state index contributed by atoms with van der Waals surface area (Å²) < 4.78 is 70.9. The normalized spacial score (nSPS) is 12.2. The fourth-order valence-electron chi connectivity index (χ4n) is 2.99. The Morgan fingerprint density at radius 1 is 1.12 bits per heavy atom. The summed E-state index contributed by atoms with van der Waals surface area (Å²) in [6.07, 6.45) is -4.73. The van der Waals surface area contributed by atoms with E-state index in [2.05, 4.69) is 15.0 Å². The second-order valence-electron chi connectivity index (χ2n) is 6.58. The summed E-state index contributed by atoms with van der Waals surface area (Å²) in [5, 5.41) is 3.81. The number of carbonyl (C=O) groups excluding carboxylic acids is 1. The van der Waals surface area contributed by atoms with Crippen LogP contribution in [0.4, 0.5) is 33.3 Å². The second-order valence-corrected chi connectivity index (χ2v) is 8.97. The molecule has 172 valence electrons. The van der Waals surface area contributed by atoms with E-state index >= 15 is 0 Å². The third-order valence-corrected chi connectivity index (χ3v) is 6.40. The highest BCUT2D eigenvalue weighted by atomic mass is 35.5. The highest BCUT2D eigenvalue weighted by molar-refractivity contribution is 7.21. The van der Waals surface area contributed by atoms with Crippen molar-refractivity contribution in [3.63, 3.8) is 0 Å². The van der Waals surface area contributed by atoms with E-state index in [1.54, 1.807) is 17.5 Å². The Morgan fingerprint density at radius 2 is 1.82 bits per heavy atom. The first-order valence-electron chi connectivity index (χ1n) is 8.93. The third kappa shape index (κ3) is 5.02. The number of ether oxygens (including phenoxy) is 1. The van der Waals surface area contributed by atoms with Crippen LogP contribution in [-0.2, 0) is 6.18 Å². The van der Waals surface area contributed by atoms with Crippen LogP contribution in [-0.4, -0.2) is 16.5 Å². The number of alkyl halides is 6. The number of benzene rings is 1. The molecule has 0 aliphatic rings. The number of nitrogen functional groups attached to an aromatic ring is 1. The predicted octanol–water partition coefficient (Wildman–Crippen LogP) is 7.05. The van der Waals surface area contributed by atoms with Crippen molar-refractivity contribution in [2.24, 2.45) is 0 Å². The van der Waals surface area contributed by atoms with E-state index in [0.29, 0.717) is 4.88 Å². The lowest BCUT2D eigenvalue weighted by molar-refractivity contribution is -0.136. The van der Waals surface area contributed by atoms with Gasteiger partial charge >= 0.3 is 11.7 Å². The third-order valence-electron chi connectivity index (χ3n) is 4.33. The molecule has 0 bridgehead atoms. The zero-order valence-electron chi connectivity index (χ0n) is 16.0. The zero-order valence-corrected chi connectivity index (χ0v) is 18.4. The van der Waals surface area contributed by atoms with Gasteiger partial charge in [-0.25, -0.2) is 4.98 Å². The largest absolute Gasteiger partial charge is 0.487 e. The number of hydrogen-bond acceptors (Lipinski definition) is 6. The molecule has 0 spiro atoms. The molecule has 1 aromatic carbocycles. The molecule has 0 aliphatic carbocycles. The Morgan fingerprint density at radius 3 is 2.39 bits per heavy atom. The van der Waals surface area contributed by atoms with Crippen LogP contribution in [0.2, 0.25) is 0 Å². The number of fused-ring (bicyclic) bond motifs is 1. The molecule has 4 rings (SSSR count). The minimum atomic E-state index is -4.73. The smallest absolute Gasteiger partial charge is 0.420 e. The molecule has 0 unspecified atom stereocenters. The van der Waals surface area contributed by atoms with E-state index < -0.39 is 23.2 Å². The van der Waals surface area contributed by atoms with Crippen molar-refractivity contribution in [1.29, 1.82) is 0 Å². The summed E-state index contributed by atoms with van der Waals surface area (Å²) in [5.74, 6) is -1.04. The highest BCUT2D eigenvalue weighted by Crippen LogP contribution is 2.44. The van der Waals surface area contributed by atoms with Crippen molar-refractivity contribution in [3.05, 3.63) is 58.3 Å². The van der Waals surface area contributed by atoms with Crippen molar-refractivity contribution < 1.29 is 31.5 Å². The van der Waals surface area contributed by atoms with Crippen LogP contribution < -0.4 is 15.8 Å². The molecule has 0 radical (unpaired) electrons. The predicted molar refractivity (Wildman–Crippen MR) is 118 cm³/mol. The maximum atomic E-state index is 13.8. The Bertz CT molecular complexity index is 1320. The number of nitrogens with zero attached hydrogens (tertiary/aromatic N) is 1. The SMILES string of the molecule is Nc1c(C(=O)Nc2ccc(OC(F)(F)Cl)cc2)sc2nc(-c3cccs3)cc(C(F)(F)F)c12. The maximum absolute atomic E-state index is 13.8. The lowest BCUT2D eigenvalue weighted by atomic mass is 10.1. The standard InChI is InChI=1S/C20H11ClF5N3O2S2/c21-20(25,26)31-10-5-3-9(4-6-10)28-17(30)16-15(27)14-11(19(22,23)24)8-12(29-18(14)33-16)13-2-1-7-32-13/h1-8H,27H2,(H,28,30). The molecule has 0 aliphatic heterocycles. The Hall–Kier alpha value is -2.96. The van der Waals surface area contributed by atoms with Gasteiger partial charge in [0, 0.05) is 22.7 Å². The summed E-state index contributed by atoms with van der Waals surface area (Å²) in [5.41, 5.74) is 0.985. The van der Waals surface area contributed by atoms with E-state index in [1.807, 2.05) is 0 Å². The number of aromatic nitrogens is 1. The van der Waals surface area contributed by atoms with Crippen LogP contribution in [0, 0.1) is 0 Å². The van der Waals surface area contributed by atoms with Gasteiger partial charge < -0.3 is 15.8 Å². The van der Waals surface area contributed by atoms with Gasteiger partial charge in [0.25, 0.3) is 5.91 Å². The number of rotatable bonds is 5. The Balaban J connectivity index is 1.69. The van der Waals surface area contributed by atoms with Crippen molar-refractivity contribution in [2.45, 2.75) is 11.7 Å². The number of amides is 1. The van der Waals surface area contributed by atoms with Gasteiger partial charge in [0.05, 0.1) is 21.8 Å². The van der Waals surface area contributed by atoms with Crippen LogP contribution in [0.3, 0.4) is 0 Å². The van der Waals surface area contributed by atoms with Crippen LogP contribution in [0.25, 0.3) is 20.8 Å². The first-order valence-corrected chi connectivity index (χ1v) is 11.0. The van der Waals surface area contributed by atoms with E-state index in [-0.39, 0.29) is 37.9 Å². The molecular formula is C20H11ClF5N3O2S2. The minimum Gasteiger partial charge on any atom is -0.420 e. The Kier molecular flexibility index (Phi) is 5.93.